The highest BCUT2D eigenvalue weighted by atomic mass is 32.2. The first kappa shape index (κ1) is 29.1. The first-order valence-electron chi connectivity index (χ1n) is 12.1. The number of ether oxygens (including phenoxy) is 1. The molecule has 1 saturated heterocycles. The van der Waals surface area contributed by atoms with Gasteiger partial charge in [0, 0.05) is 35.0 Å². The monoisotopic (exact) mass is 563 g/mol. The van der Waals surface area contributed by atoms with E-state index < -0.39 is 39.0 Å². The second-order valence-electron chi connectivity index (χ2n) is 9.17. The van der Waals surface area contributed by atoms with Gasteiger partial charge in [-0.2, -0.15) is 0 Å². The molecule has 1 aromatic heterocycles. The number of benzene rings is 1. The topological polar surface area (TPSA) is 172 Å². The molecule has 2 heterocycles. The van der Waals surface area contributed by atoms with Crippen LogP contribution < -0.4 is 21.1 Å². The van der Waals surface area contributed by atoms with E-state index in [0.29, 0.717) is 24.3 Å². The number of hydrogen-bond acceptors (Lipinski definition) is 8. The molecule has 38 heavy (non-hydrogen) atoms. The summed E-state index contributed by atoms with van der Waals surface area (Å²) in [6.07, 6.45) is 1.65. The Bertz CT molecular complexity index is 1260. The summed E-state index contributed by atoms with van der Waals surface area (Å²) in [4.78, 5) is 40.3. The standard InChI is InChI=1S/C25H33N5O6S2/c1-16(21-11-17(15-37-21)24(26)27)29-25(33)20-12-19(38(2,34)35)14-30(20)23(32)13-28-22(31)9-6-10-36-18-7-4-3-5-8-18/h3-5,7-8,11,15-16,19-20H,6,9-10,12-14H2,1-2H3,(H3,26,27)(H,28,31)(H,29,33)/t16-,19-,20+/m1/s1. The highest BCUT2D eigenvalue weighted by molar-refractivity contribution is 7.91. The second kappa shape index (κ2) is 12.9. The molecule has 1 fully saturated rings. The first-order chi connectivity index (χ1) is 18.0. The van der Waals surface area contributed by atoms with Crippen molar-refractivity contribution in [2.45, 2.75) is 43.5 Å². The lowest BCUT2D eigenvalue weighted by molar-refractivity contribution is -0.138. The van der Waals surface area contributed by atoms with E-state index in [1.54, 1.807) is 18.4 Å². The van der Waals surface area contributed by atoms with Gasteiger partial charge in [-0.15, -0.1) is 11.3 Å². The van der Waals surface area contributed by atoms with Crippen molar-refractivity contribution in [2.24, 2.45) is 5.73 Å². The van der Waals surface area contributed by atoms with Gasteiger partial charge in [0.25, 0.3) is 0 Å². The number of para-hydroxylation sites is 1. The summed E-state index contributed by atoms with van der Waals surface area (Å²) in [5, 5.41) is 13.7. The Labute approximate surface area is 226 Å². The van der Waals surface area contributed by atoms with E-state index in [1.165, 1.54) is 16.2 Å². The van der Waals surface area contributed by atoms with E-state index >= 15 is 0 Å². The number of likely N-dealkylation sites (tertiary alicyclic amines) is 1. The van der Waals surface area contributed by atoms with E-state index in [-0.39, 0.29) is 37.7 Å². The molecule has 0 radical (unpaired) electrons. The van der Waals surface area contributed by atoms with Gasteiger partial charge in [0.2, 0.25) is 17.7 Å². The summed E-state index contributed by atoms with van der Waals surface area (Å²) in [5.74, 6) is -0.746. The molecule has 0 aliphatic carbocycles. The zero-order chi connectivity index (χ0) is 27.9. The Kier molecular flexibility index (Phi) is 9.86. The summed E-state index contributed by atoms with van der Waals surface area (Å²) in [7, 11) is -3.50. The van der Waals surface area contributed by atoms with Gasteiger partial charge in [-0.1, -0.05) is 18.2 Å². The van der Waals surface area contributed by atoms with Crippen molar-refractivity contribution < 1.29 is 27.5 Å². The summed E-state index contributed by atoms with van der Waals surface area (Å²) in [6.45, 7) is 1.62. The third-order valence-electron chi connectivity index (χ3n) is 6.20. The summed E-state index contributed by atoms with van der Waals surface area (Å²) in [6, 6.07) is 9.48. The largest absolute Gasteiger partial charge is 0.494 e. The number of nitrogen functional groups attached to an aromatic ring is 1. The lowest BCUT2D eigenvalue weighted by Gasteiger charge is -2.25. The van der Waals surface area contributed by atoms with E-state index in [4.69, 9.17) is 15.9 Å². The maximum absolute atomic E-state index is 13.1. The maximum Gasteiger partial charge on any atom is 0.243 e. The van der Waals surface area contributed by atoms with Gasteiger partial charge in [-0.25, -0.2) is 8.42 Å². The van der Waals surface area contributed by atoms with E-state index in [9.17, 15) is 22.8 Å². The van der Waals surface area contributed by atoms with Crippen molar-refractivity contribution in [3.05, 3.63) is 52.2 Å². The Hall–Kier alpha value is -3.45. The number of carbonyl (C=O) groups is 3. The van der Waals surface area contributed by atoms with Crippen molar-refractivity contribution in [3.8, 4) is 5.75 Å². The van der Waals surface area contributed by atoms with Gasteiger partial charge >= 0.3 is 0 Å². The molecule has 3 atom stereocenters. The van der Waals surface area contributed by atoms with Crippen LogP contribution >= 0.6 is 11.3 Å². The van der Waals surface area contributed by atoms with Crippen LogP contribution in [0.2, 0.25) is 0 Å². The number of carbonyl (C=O) groups excluding carboxylic acids is 3. The molecule has 1 aromatic carbocycles. The molecule has 0 spiro atoms. The van der Waals surface area contributed by atoms with Crippen molar-refractivity contribution in [2.75, 3.05) is 26.0 Å². The molecule has 2 aromatic rings. The number of thiophene rings is 1. The van der Waals surface area contributed by atoms with Crippen molar-refractivity contribution >= 4 is 44.7 Å². The predicted octanol–water partition coefficient (Wildman–Crippen LogP) is 1.20. The molecule has 13 heteroatoms. The third-order valence-corrected chi connectivity index (χ3v) is 8.87. The van der Waals surface area contributed by atoms with Crippen LogP contribution in [0.3, 0.4) is 0 Å². The predicted molar refractivity (Wildman–Crippen MR) is 145 cm³/mol. The number of nitrogens with two attached hydrogens (primary N) is 1. The normalized spacial score (nSPS) is 18.0. The highest BCUT2D eigenvalue weighted by Crippen LogP contribution is 2.26. The average molecular weight is 564 g/mol. The van der Waals surface area contributed by atoms with Gasteiger partial charge in [0.1, 0.15) is 17.6 Å². The van der Waals surface area contributed by atoms with Crippen LogP contribution in [0.15, 0.2) is 41.8 Å². The van der Waals surface area contributed by atoms with Crippen molar-refractivity contribution in [1.29, 1.82) is 5.41 Å². The third kappa shape index (κ3) is 8.02. The van der Waals surface area contributed by atoms with Crippen LogP contribution in [0.5, 0.6) is 5.75 Å². The molecule has 1 aliphatic rings. The quantitative estimate of drug-likeness (QED) is 0.171. The van der Waals surface area contributed by atoms with Crippen LogP contribution in [0, 0.1) is 5.41 Å². The Balaban J connectivity index is 1.54. The first-order valence-corrected chi connectivity index (χ1v) is 14.9. The SMILES string of the molecule is C[C@@H](NC(=O)[C@@H]1C[C@@H](S(C)(=O)=O)CN1C(=O)CNC(=O)CCCOc1ccccc1)c1cc(C(=N)N)cs1. The molecule has 206 valence electrons. The molecule has 1 aliphatic heterocycles. The lowest BCUT2D eigenvalue weighted by Crippen LogP contribution is -2.49. The van der Waals surface area contributed by atoms with E-state index in [2.05, 4.69) is 10.6 Å². The maximum atomic E-state index is 13.1. The fraction of sp³-hybridized carbons (Fsp3) is 0.440. The minimum absolute atomic E-state index is 0.0307. The van der Waals surface area contributed by atoms with Gasteiger partial charge in [-0.05, 0) is 38.0 Å². The van der Waals surface area contributed by atoms with Gasteiger partial charge in [0.05, 0.1) is 24.4 Å². The summed E-state index contributed by atoms with van der Waals surface area (Å²) >= 11 is 1.33. The minimum atomic E-state index is -3.50. The molecule has 3 rings (SSSR count). The smallest absolute Gasteiger partial charge is 0.243 e. The van der Waals surface area contributed by atoms with E-state index in [1.807, 2.05) is 30.3 Å². The molecule has 11 nitrogen and oxygen atoms in total. The molecule has 5 N–H and O–H groups in total. The zero-order valence-corrected chi connectivity index (χ0v) is 22.9. The Morgan fingerprint density at radius 2 is 1.97 bits per heavy atom. The van der Waals surface area contributed by atoms with Crippen LogP contribution in [0.25, 0.3) is 0 Å². The van der Waals surface area contributed by atoms with Crippen LogP contribution in [-0.2, 0) is 24.2 Å². The summed E-state index contributed by atoms with van der Waals surface area (Å²) < 4.78 is 30.0. The Morgan fingerprint density at radius 3 is 2.61 bits per heavy atom. The fourth-order valence-electron chi connectivity index (χ4n) is 4.04. The lowest BCUT2D eigenvalue weighted by atomic mass is 10.1. The van der Waals surface area contributed by atoms with Crippen LogP contribution in [-0.4, -0.2) is 74.1 Å². The molecule has 0 bridgehead atoms. The molecular weight excluding hydrogens is 530 g/mol. The Morgan fingerprint density at radius 1 is 1.26 bits per heavy atom. The minimum Gasteiger partial charge on any atom is -0.494 e. The number of hydrogen-bond donors (Lipinski definition) is 4. The van der Waals surface area contributed by atoms with Gasteiger partial charge < -0.3 is 26.0 Å². The molecule has 0 unspecified atom stereocenters. The summed E-state index contributed by atoms with van der Waals surface area (Å²) in [5.41, 5.74) is 6.05. The number of rotatable bonds is 12. The van der Waals surface area contributed by atoms with Crippen LogP contribution in [0.4, 0.5) is 0 Å². The highest BCUT2D eigenvalue weighted by Gasteiger charge is 2.43. The van der Waals surface area contributed by atoms with Crippen molar-refractivity contribution in [1.82, 2.24) is 15.5 Å². The zero-order valence-electron chi connectivity index (χ0n) is 21.3. The number of amides is 3. The number of sulfone groups is 1. The van der Waals surface area contributed by atoms with Gasteiger partial charge in [0.15, 0.2) is 9.84 Å². The van der Waals surface area contributed by atoms with E-state index in [0.717, 1.165) is 11.1 Å². The number of amidine groups is 1. The number of nitrogens with zero attached hydrogens (tertiary/aromatic N) is 1. The number of nitrogens with one attached hydrogen (secondary N) is 3. The molecular formula is C25H33N5O6S2. The van der Waals surface area contributed by atoms with Crippen LogP contribution in [0.1, 0.15) is 42.7 Å². The fourth-order valence-corrected chi connectivity index (χ4v) is 5.92. The molecule has 0 saturated carbocycles. The molecule has 3 amide bonds. The average Bonchev–Trinajstić information content (AvgIpc) is 3.54. The van der Waals surface area contributed by atoms with Gasteiger partial charge in [-0.3, -0.25) is 19.8 Å². The second-order valence-corrected chi connectivity index (χ2v) is 12.4. The van der Waals surface area contributed by atoms with Crippen molar-refractivity contribution in [3.63, 3.8) is 0 Å².